The molecule has 1 saturated heterocycles. The van der Waals surface area contributed by atoms with E-state index in [2.05, 4.69) is 34.9 Å². The van der Waals surface area contributed by atoms with Gasteiger partial charge in [0.1, 0.15) is 0 Å². The van der Waals surface area contributed by atoms with E-state index in [1.807, 2.05) is 0 Å². The van der Waals surface area contributed by atoms with Crippen molar-refractivity contribution in [2.45, 2.75) is 25.5 Å². The Bertz CT molecular complexity index is 321. The highest BCUT2D eigenvalue weighted by molar-refractivity contribution is 5.45. The molecule has 1 atom stereocenters. The molecule has 16 heavy (non-hydrogen) atoms. The van der Waals surface area contributed by atoms with Gasteiger partial charge in [-0.15, -0.1) is 0 Å². The van der Waals surface area contributed by atoms with Crippen molar-refractivity contribution in [3.8, 4) is 0 Å². The van der Waals surface area contributed by atoms with Gasteiger partial charge in [-0.25, -0.2) is 0 Å². The van der Waals surface area contributed by atoms with E-state index in [1.165, 1.54) is 24.1 Å². The third-order valence-electron chi connectivity index (χ3n) is 2.95. The lowest BCUT2D eigenvalue weighted by Crippen LogP contribution is -2.29. The largest absolute Gasteiger partial charge is 0.383 e. The average Bonchev–Trinajstić information content (AvgIpc) is 2.80. The fourth-order valence-corrected chi connectivity index (χ4v) is 2.11. The van der Waals surface area contributed by atoms with Crippen LogP contribution < -0.4 is 10.6 Å². The summed E-state index contributed by atoms with van der Waals surface area (Å²) in [5, 5.41) is 6.95. The lowest BCUT2D eigenvalue weighted by molar-refractivity contribution is 0.185. The number of methoxy groups -OCH3 is 1. The van der Waals surface area contributed by atoms with Gasteiger partial charge in [0, 0.05) is 25.4 Å². The molecule has 1 aromatic carbocycles. The van der Waals surface area contributed by atoms with Crippen LogP contribution in [0, 0.1) is 0 Å². The van der Waals surface area contributed by atoms with Crippen molar-refractivity contribution < 1.29 is 4.74 Å². The Kier molecular flexibility index (Phi) is 4.19. The fourth-order valence-electron chi connectivity index (χ4n) is 2.11. The van der Waals surface area contributed by atoms with Crippen LogP contribution in [0.1, 0.15) is 18.4 Å². The van der Waals surface area contributed by atoms with Gasteiger partial charge >= 0.3 is 0 Å². The molecule has 0 spiro atoms. The van der Waals surface area contributed by atoms with E-state index < -0.39 is 0 Å². The normalized spacial score (nSPS) is 19.9. The van der Waals surface area contributed by atoms with E-state index in [9.17, 15) is 0 Å². The van der Waals surface area contributed by atoms with Crippen molar-refractivity contribution in [2.24, 2.45) is 0 Å². The summed E-state index contributed by atoms with van der Waals surface area (Å²) in [4.78, 5) is 0. The molecule has 1 aromatic rings. The van der Waals surface area contributed by atoms with Gasteiger partial charge in [-0.2, -0.15) is 0 Å². The van der Waals surface area contributed by atoms with Gasteiger partial charge in [0.2, 0.25) is 0 Å². The molecule has 3 nitrogen and oxygen atoms in total. The minimum atomic E-state index is 0.631. The monoisotopic (exact) mass is 220 g/mol. The minimum Gasteiger partial charge on any atom is -0.383 e. The first-order valence-corrected chi connectivity index (χ1v) is 5.93. The molecule has 0 radical (unpaired) electrons. The molecule has 1 unspecified atom stereocenters. The molecule has 0 amide bonds. The molecule has 3 heteroatoms. The van der Waals surface area contributed by atoms with Crippen LogP contribution in [0.2, 0.25) is 0 Å². The topological polar surface area (TPSA) is 33.3 Å². The van der Waals surface area contributed by atoms with Gasteiger partial charge in [-0.1, -0.05) is 12.1 Å². The van der Waals surface area contributed by atoms with Crippen molar-refractivity contribution in [3.05, 3.63) is 29.8 Å². The first kappa shape index (κ1) is 11.4. The first-order chi connectivity index (χ1) is 7.88. The predicted octanol–water partition coefficient (Wildman–Crippen LogP) is 2.00. The molecular weight excluding hydrogens is 200 g/mol. The van der Waals surface area contributed by atoms with Crippen molar-refractivity contribution in [2.75, 3.05) is 25.5 Å². The molecular formula is C13H20N2O. The Morgan fingerprint density at radius 2 is 2.44 bits per heavy atom. The van der Waals surface area contributed by atoms with Crippen LogP contribution in [-0.2, 0) is 11.3 Å². The summed E-state index contributed by atoms with van der Waals surface area (Å²) in [5.74, 6) is 0. The number of benzene rings is 1. The molecule has 0 bridgehead atoms. The Morgan fingerprint density at radius 1 is 1.50 bits per heavy atom. The van der Waals surface area contributed by atoms with Crippen molar-refractivity contribution in [3.63, 3.8) is 0 Å². The number of rotatable bonds is 5. The van der Waals surface area contributed by atoms with Gasteiger partial charge in [-0.3, -0.25) is 0 Å². The summed E-state index contributed by atoms with van der Waals surface area (Å²) in [7, 11) is 1.72. The maximum absolute atomic E-state index is 5.12. The highest BCUT2D eigenvalue weighted by Crippen LogP contribution is 2.12. The fraction of sp³-hybridized carbons (Fsp3) is 0.538. The van der Waals surface area contributed by atoms with Gasteiger partial charge in [0.05, 0.1) is 6.61 Å². The van der Waals surface area contributed by atoms with Crippen LogP contribution in [0.3, 0.4) is 0 Å². The molecule has 0 saturated carbocycles. The Morgan fingerprint density at radius 3 is 3.19 bits per heavy atom. The Balaban J connectivity index is 1.85. The third kappa shape index (κ3) is 3.22. The van der Waals surface area contributed by atoms with Crippen LogP contribution in [0.5, 0.6) is 0 Å². The van der Waals surface area contributed by atoms with Crippen molar-refractivity contribution in [1.82, 2.24) is 5.32 Å². The van der Waals surface area contributed by atoms with E-state index in [0.29, 0.717) is 12.6 Å². The van der Waals surface area contributed by atoms with Gasteiger partial charge in [0.25, 0.3) is 0 Å². The zero-order valence-corrected chi connectivity index (χ0v) is 9.83. The van der Waals surface area contributed by atoms with Crippen molar-refractivity contribution in [1.29, 1.82) is 0 Å². The predicted molar refractivity (Wildman–Crippen MR) is 66.7 cm³/mol. The van der Waals surface area contributed by atoms with Crippen molar-refractivity contribution >= 4 is 5.69 Å². The smallest absolute Gasteiger partial charge is 0.0713 e. The standard InChI is InChI=1S/C13H20N2O/c1-16-10-11-4-2-5-12(8-11)15-9-13-6-3-7-14-13/h2,4-5,8,13-15H,3,6-7,9-10H2,1H3. The zero-order chi connectivity index (χ0) is 11.2. The quantitative estimate of drug-likeness (QED) is 0.796. The number of nitrogens with one attached hydrogen (secondary N) is 2. The maximum Gasteiger partial charge on any atom is 0.0713 e. The second-order valence-corrected chi connectivity index (χ2v) is 4.31. The maximum atomic E-state index is 5.12. The number of hydrogen-bond acceptors (Lipinski definition) is 3. The van der Waals surface area contributed by atoms with E-state index in [1.54, 1.807) is 7.11 Å². The molecule has 88 valence electrons. The second kappa shape index (κ2) is 5.87. The second-order valence-electron chi connectivity index (χ2n) is 4.31. The number of ether oxygens (including phenoxy) is 1. The first-order valence-electron chi connectivity index (χ1n) is 5.93. The lowest BCUT2D eigenvalue weighted by Gasteiger charge is -2.13. The average molecular weight is 220 g/mol. The number of anilines is 1. The third-order valence-corrected chi connectivity index (χ3v) is 2.95. The SMILES string of the molecule is COCc1cccc(NCC2CCCN2)c1. The van der Waals surface area contributed by atoms with Crippen LogP contribution >= 0.6 is 0 Å². The molecule has 1 heterocycles. The molecule has 2 rings (SSSR count). The highest BCUT2D eigenvalue weighted by atomic mass is 16.5. The van der Waals surface area contributed by atoms with E-state index >= 15 is 0 Å². The molecule has 2 N–H and O–H groups in total. The van der Waals surface area contributed by atoms with E-state index in [-0.39, 0.29) is 0 Å². The van der Waals surface area contributed by atoms with Crippen LogP contribution in [0.15, 0.2) is 24.3 Å². The summed E-state index contributed by atoms with van der Waals surface area (Å²) in [5.41, 5.74) is 2.40. The van der Waals surface area contributed by atoms with Gasteiger partial charge < -0.3 is 15.4 Å². The zero-order valence-electron chi connectivity index (χ0n) is 9.83. The minimum absolute atomic E-state index is 0.631. The van der Waals surface area contributed by atoms with Gasteiger partial charge in [0.15, 0.2) is 0 Å². The molecule has 1 aliphatic rings. The summed E-state index contributed by atoms with van der Waals surface area (Å²) < 4.78 is 5.12. The molecule has 1 fully saturated rings. The summed E-state index contributed by atoms with van der Waals surface area (Å²) in [6, 6.07) is 9.04. The van der Waals surface area contributed by atoms with E-state index in [4.69, 9.17) is 4.74 Å². The van der Waals surface area contributed by atoms with Gasteiger partial charge in [-0.05, 0) is 37.1 Å². The Labute approximate surface area is 97.2 Å². The summed E-state index contributed by atoms with van der Waals surface area (Å²) in [6.45, 7) is 2.85. The summed E-state index contributed by atoms with van der Waals surface area (Å²) in [6.07, 6.45) is 2.58. The lowest BCUT2D eigenvalue weighted by atomic mass is 10.2. The molecule has 0 aromatic heterocycles. The molecule has 1 aliphatic heterocycles. The number of hydrogen-bond donors (Lipinski definition) is 2. The van der Waals surface area contributed by atoms with Crippen LogP contribution in [0.25, 0.3) is 0 Å². The highest BCUT2D eigenvalue weighted by Gasteiger charge is 2.12. The Hall–Kier alpha value is -1.06. The van der Waals surface area contributed by atoms with Crippen LogP contribution in [-0.4, -0.2) is 26.2 Å². The molecule has 0 aliphatic carbocycles. The summed E-state index contributed by atoms with van der Waals surface area (Å²) >= 11 is 0. The van der Waals surface area contributed by atoms with E-state index in [0.717, 1.165) is 13.1 Å². The van der Waals surface area contributed by atoms with Crippen LogP contribution in [0.4, 0.5) is 5.69 Å².